The summed E-state index contributed by atoms with van der Waals surface area (Å²) in [5, 5.41) is 0. The third-order valence-electron chi connectivity index (χ3n) is 8.44. The van der Waals surface area contributed by atoms with Gasteiger partial charge in [0.2, 0.25) is 0 Å². The van der Waals surface area contributed by atoms with Crippen molar-refractivity contribution in [2.45, 2.75) is 75.9 Å². The van der Waals surface area contributed by atoms with Crippen LogP contribution in [0.3, 0.4) is 0 Å². The molecule has 1 saturated heterocycles. The highest BCUT2D eigenvalue weighted by molar-refractivity contribution is 5.31. The largest absolute Gasteiger partial charge is 0.429 e. The molecule has 0 bridgehead atoms. The highest BCUT2D eigenvalue weighted by atomic mass is 19.3. The second-order valence-electron chi connectivity index (χ2n) is 10.6. The van der Waals surface area contributed by atoms with Gasteiger partial charge in [-0.2, -0.15) is 8.78 Å². The standard InChI is InChI=1S/C28H30F6O2/c29-23-12-19(8-10-22(23)28(33,34)36-21-13-24(30)27(32)25(31)14-21)17-4-6-18(7-5-17)26-11-9-20(15-35-26)16-2-1-3-16/h8,10,12-14,16-18,20,26H,1-7,9,11,15H2. The molecular weight excluding hydrogens is 482 g/mol. The first-order valence-electron chi connectivity index (χ1n) is 12.8. The number of rotatable bonds is 6. The normalized spacial score (nSPS) is 27.5. The molecule has 196 valence electrons. The highest BCUT2D eigenvalue weighted by Gasteiger charge is 2.39. The van der Waals surface area contributed by atoms with E-state index < -0.39 is 40.7 Å². The molecule has 0 aromatic heterocycles. The lowest BCUT2D eigenvalue weighted by Crippen LogP contribution is -2.37. The van der Waals surface area contributed by atoms with Crippen molar-refractivity contribution in [2.75, 3.05) is 6.61 Å². The van der Waals surface area contributed by atoms with E-state index in [9.17, 15) is 26.3 Å². The second-order valence-corrected chi connectivity index (χ2v) is 10.6. The van der Waals surface area contributed by atoms with Gasteiger partial charge in [-0.1, -0.05) is 25.3 Å². The van der Waals surface area contributed by atoms with E-state index in [1.165, 1.54) is 31.7 Å². The lowest BCUT2D eigenvalue weighted by atomic mass is 9.71. The molecule has 2 unspecified atom stereocenters. The number of halogens is 6. The molecule has 3 fully saturated rings. The summed E-state index contributed by atoms with van der Waals surface area (Å²) >= 11 is 0. The van der Waals surface area contributed by atoms with Gasteiger partial charge in [0.25, 0.3) is 0 Å². The first-order chi connectivity index (χ1) is 17.2. The number of hydrogen-bond donors (Lipinski definition) is 0. The molecule has 36 heavy (non-hydrogen) atoms. The molecule has 2 atom stereocenters. The Hall–Kier alpha value is -2.22. The molecule has 0 N–H and O–H groups in total. The summed E-state index contributed by atoms with van der Waals surface area (Å²) in [6, 6.07) is 4.07. The summed E-state index contributed by atoms with van der Waals surface area (Å²) < 4.78 is 94.3. The van der Waals surface area contributed by atoms with E-state index in [0.717, 1.165) is 56.8 Å². The fraction of sp³-hybridized carbons (Fsp3) is 0.571. The Labute approximate surface area is 207 Å². The monoisotopic (exact) mass is 512 g/mol. The second kappa shape index (κ2) is 10.3. The Morgan fingerprint density at radius 2 is 1.39 bits per heavy atom. The van der Waals surface area contributed by atoms with Crippen LogP contribution in [0, 0.1) is 41.0 Å². The Bertz CT molecular complexity index is 1050. The van der Waals surface area contributed by atoms with Crippen molar-refractivity contribution >= 4 is 0 Å². The van der Waals surface area contributed by atoms with Gasteiger partial charge in [-0.15, -0.1) is 0 Å². The number of benzene rings is 2. The van der Waals surface area contributed by atoms with Gasteiger partial charge in [0.05, 0.1) is 18.3 Å². The van der Waals surface area contributed by atoms with Crippen LogP contribution in [-0.2, 0) is 10.8 Å². The first-order valence-corrected chi connectivity index (χ1v) is 12.8. The van der Waals surface area contributed by atoms with E-state index in [-0.39, 0.29) is 12.0 Å². The van der Waals surface area contributed by atoms with Crippen LogP contribution in [0.5, 0.6) is 5.75 Å². The van der Waals surface area contributed by atoms with Crippen LogP contribution in [0.1, 0.15) is 74.8 Å². The van der Waals surface area contributed by atoms with Crippen molar-refractivity contribution in [1.82, 2.24) is 0 Å². The molecule has 8 heteroatoms. The van der Waals surface area contributed by atoms with Crippen LogP contribution in [-0.4, -0.2) is 12.7 Å². The van der Waals surface area contributed by atoms with E-state index in [1.807, 2.05) is 0 Å². The maximum atomic E-state index is 14.7. The molecule has 1 heterocycles. The maximum absolute atomic E-state index is 14.7. The van der Waals surface area contributed by atoms with Crippen molar-refractivity contribution < 1.29 is 35.8 Å². The fourth-order valence-electron chi connectivity index (χ4n) is 6.09. The molecule has 5 rings (SSSR count). The summed E-state index contributed by atoms with van der Waals surface area (Å²) in [5.41, 5.74) is -0.416. The molecule has 2 nitrogen and oxygen atoms in total. The number of alkyl halides is 2. The lowest BCUT2D eigenvalue weighted by Gasteiger charge is -2.42. The third kappa shape index (κ3) is 5.24. The number of hydrogen-bond acceptors (Lipinski definition) is 2. The van der Waals surface area contributed by atoms with Crippen LogP contribution in [0.25, 0.3) is 0 Å². The molecule has 0 spiro atoms. The Kier molecular flexibility index (Phi) is 7.25. The van der Waals surface area contributed by atoms with E-state index in [4.69, 9.17) is 4.74 Å². The highest BCUT2D eigenvalue weighted by Crippen LogP contribution is 2.44. The van der Waals surface area contributed by atoms with Gasteiger partial charge in [0.1, 0.15) is 11.6 Å². The predicted octanol–water partition coefficient (Wildman–Crippen LogP) is 8.24. The van der Waals surface area contributed by atoms with Crippen molar-refractivity contribution in [3.8, 4) is 5.75 Å². The van der Waals surface area contributed by atoms with Crippen LogP contribution in [0.15, 0.2) is 30.3 Å². The van der Waals surface area contributed by atoms with Gasteiger partial charge in [-0.05, 0) is 79.9 Å². The quantitative estimate of drug-likeness (QED) is 0.287. The third-order valence-corrected chi connectivity index (χ3v) is 8.44. The van der Waals surface area contributed by atoms with Crippen LogP contribution in [0.2, 0.25) is 0 Å². The van der Waals surface area contributed by atoms with Crippen molar-refractivity contribution in [2.24, 2.45) is 17.8 Å². The van der Waals surface area contributed by atoms with Crippen LogP contribution < -0.4 is 4.74 Å². The number of ether oxygens (including phenoxy) is 2. The first kappa shape index (κ1) is 25.4. The summed E-state index contributed by atoms with van der Waals surface area (Å²) in [5.74, 6) is -5.18. The molecule has 1 aliphatic heterocycles. The minimum absolute atomic E-state index is 0.0611. The molecule has 2 aliphatic carbocycles. The molecule has 0 radical (unpaired) electrons. The molecule has 2 aromatic carbocycles. The van der Waals surface area contributed by atoms with Crippen molar-refractivity contribution in [3.05, 3.63) is 64.7 Å². The zero-order valence-electron chi connectivity index (χ0n) is 19.9. The van der Waals surface area contributed by atoms with Gasteiger partial charge < -0.3 is 9.47 Å². The van der Waals surface area contributed by atoms with Gasteiger partial charge >= 0.3 is 6.11 Å². The molecule has 0 amide bonds. The minimum atomic E-state index is -4.20. The van der Waals surface area contributed by atoms with Gasteiger partial charge in [0.15, 0.2) is 17.5 Å². The van der Waals surface area contributed by atoms with E-state index in [0.29, 0.717) is 29.5 Å². The summed E-state index contributed by atoms with van der Waals surface area (Å²) in [7, 11) is 0. The summed E-state index contributed by atoms with van der Waals surface area (Å²) in [4.78, 5) is 0. The van der Waals surface area contributed by atoms with E-state index in [1.54, 1.807) is 0 Å². The van der Waals surface area contributed by atoms with Crippen LogP contribution in [0.4, 0.5) is 26.3 Å². The Morgan fingerprint density at radius 1 is 0.722 bits per heavy atom. The van der Waals surface area contributed by atoms with Gasteiger partial charge in [0, 0.05) is 12.1 Å². The van der Waals surface area contributed by atoms with Crippen molar-refractivity contribution in [3.63, 3.8) is 0 Å². The molecule has 2 aromatic rings. The minimum Gasteiger partial charge on any atom is -0.429 e. The predicted molar refractivity (Wildman–Crippen MR) is 122 cm³/mol. The Balaban J connectivity index is 1.18. The lowest BCUT2D eigenvalue weighted by molar-refractivity contribution is -0.187. The summed E-state index contributed by atoms with van der Waals surface area (Å²) in [6.07, 6.45) is 5.97. The van der Waals surface area contributed by atoms with Crippen molar-refractivity contribution in [1.29, 1.82) is 0 Å². The molecule has 2 saturated carbocycles. The van der Waals surface area contributed by atoms with Gasteiger partial charge in [-0.25, -0.2) is 17.6 Å². The Morgan fingerprint density at radius 3 is 1.94 bits per heavy atom. The van der Waals surface area contributed by atoms with E-state index in [2.05, 4.69) is 4.74 Å². The maximum Gasteiger partial charge on any atom is 0.429 e. The van der Waals surface area contributed by atoms with Crippen LogP contribution >= 0.6 is 0 Å². The van der Waals surface area contributed by atoms with E-state index >= 15 is 0 Å². The topological polar surface area (TPSA) is 18.5 Å². The molecule has 3 aliphatic rings. The summed E-state index contributed by atoms with van der Waals surface area (Å²) in [6.45, 7) is 0.857. The fourth-order valence-corrected chi connectivity index (χ4v) is 6.09. The average molecular weight is 513 g/mol. The molecular formula is C28H30F6O2. The zero-order chi connectivity index (χ0) is 25.4. The average Bonchev–Trinajstić information content (AvgIpc) is 2.81. The smallest absolute Gasteiger partial charge is 0.429 e. The zero-order valence-corrected chi connectivity index (χ0v) is 19.9. The SMILES string of the molecule is Fc1cc(C2CCC(C3CCC(C4CCC4)CO3)CC2)ccc1C(F)(F)Oc1cc(F)c(F)c(F)c1. The van der Waals surface area contributed by atoms with Gasteiger partial charge in [-0.3, -0.25) is 0 Å².